The highest BCUT2D eigenvalue weighted by Gasteiger charge is 2.48. The second kappa shape index (κ2) is 4.70. The Labute approximate surface area is 121 Å². The molecule has 0 bridgehead atoms. The van der Waals surface area contributed by atoms with Gasteiger partial charge in [-0.2, -0.15) is 0 Å². The highest BCUT2D eigenvalue weighted by Crippen LogP contribution is 2.51. The first-order valence-corrected chi connectivity index (χ1v) is 7.62. The van der Waals surface area contributed by atoms with Crippen LogP contribution < -0.4 is 5.32 Å². The standard InChI is InChI=1S/C14H15N3O2S/c1-3-14-5-4-11(15-9(2)18)6-10(14)7-12-13(14)16-17(19)8-20-12/h4,6-7H,3,5,8H2,1-2H3/p+1. The summed E-state index contributed by atoms with van der Waals surface area (Å²) >= 11 is 1.53. The lowest BCUT2D eigenvalue weighted by Gasteiger charge is -2.32. The van der Waals surface area contributed by atoms with Crippen LogP contribution in [0.15, 0.2) is 39.5 Å². The fourth-order valence-electron chi connectivity index (χ4n) is 2.95. The van der Waals surface area contributed by atoms with Crippen LogP contribution in [0.2, 0.25) is 0 Å². The van der Waals surface area contributed by atoms with Gasteiger partial charge in [-0.25, -0.2) is 0 Å². The van der Waals surface area contributed by atoms with Gasteiger partial charge in [-0.15, -0.1) is 0 Å². The van der Waals surface area contributed by atoms with Crippen molar-refractivity contribution in [3.63, 3.8) is 0 Å². The molecular formula is C14H16N3O2S+. The zero-order valence-corrected chi connectivity index (χ0v) is 12.3. The van der Waals surface area contributed by atoms with E-state index in [-0.39, 0.29) is 11.3 Å². The molecule has 3 rings (SSSR count). The summed E-state index contributed by atoms with van der Waals surface area (Å²) in [7, 11) is 0. The summed E-state index contributed by atoms with van der Waals surface area (Å²) < 4.78 is 0. The van der Waals surface area contributed by atoms with E-state index in [0.717, 1.165) is 39.6 Å². The van der Waals surface area contributed by atoms with E-state index >= 15 is 0 Å². The number of hydrogen-bond donors (Lipinski definition) is 1. The Balaban J connectivity index is 2.03. The first kappa shape index (κ1) is 13.3. The number of nitroso groups, excluding NO2 is 1. The summed E-state index contributed by atoms with van der Waals surface area (Å²) in [5.41, 5.74) is 2.66. The number of thioether (sulfide) groups is 1. The Hall–Kier alpha value is -1.69. The SMILES string of the molecule is CCC12CC=C(NC(C)=O)C=C1C=C1SC[N+](=O)N=C12. The molecule has 104 valence electrons. The third kappa shape index (κ3) is 1.95. The molecule has 0 aromatic carbocycles. The van der Waals surface area contributed by atoms with Crippen molar-refractivity contribution >= 4 is 23.4 Å². The third-order valence-corrected chi connectivity index (χ3v) is 4.95. The Morgan fingerprint density at radius 3 is 3.05 bits per heavy atom. The molecule has 5 nitrogen and oxygen atoms in total. The Bertz CT molecular complexity index is 630. The normalized spacial score (nSPS) is 27.8. The second-order valence-corrected chi connectivity index (χ2v) is 6.15. The molecule has 0 spiro atoms. The zero-order chi connectivity index (χ0) is 14.3. The van der Waals surface area contributed by atoms with Gasteiger partial charge in [0.25, 0.3) is 5.88 Å². The van der Waals surface area contributed by atoms with Gasteiger partial charge in [-0.3, -0.25) is 4.79 Å². The molecule has 1 unspecified atom stereocenters. The number of nitrogens with zero attached hydrogens (tertiary/aromatic N) is 2. The van der Waals surface area contributed by atoms with E-state index in [2.05, 4.69) is 23.4 Å². The summed E-state index contributed by atoms with van der Waals surface area (Å²) in [6, 6.07) is 0. The average molecular weight is 290 g/mol. The number of hydrazone groups is 1. The molecule has 1 atom stereocenters. The van der Waals surface area contributed by atoms with Crippen LogP contribution in [-0.2, 0) is 4.79 Å². The van der Waals surface area contributed by atoms with Crippen molar-refractivity contribution < 1.29 is 9.66 Å². The monoisotopic (exact) mass is 290 g/mol. The maximum Gasteiger partial charge on any atom is 0.278 e. The Morgan fingerprint density at radius 2 is 2.35 bits per heavy atom. The molecule has 0 saturated heterocycles. The van der Waals surface area contributed by atoms with Gasteiger partial charge in [0.05, 0.1) is 4.91 Å². The van der Waals surface area contributed by atoms with Crippen LogP contribution in [0, 0.1) is 10.3 Å². The number of rotatable bonds is 2. The van der Waals surface area contributed by atoms with Crippen molar-refractivity contribution in [1.82, 2.24) is 5.32 Å². The largest absolute Gasteiger partial charge is 0.327 e. The summed E-state index contributed by atoms with van der Waals surface area (Å²) in [5.74, 6) is 0.270. The smallest absolute Gasteiger partial charge is 0.278 e. The van der Waals surface area contributed by atoms with E-state index < -0.39 is 0 Å². The number of carbonyl (C=O) groups excluding carboxylic acids is 1. The van der Waals surface area contributed by atoms with Gasteiger partial charge in [0.1, 0.15) is 5.71 Å². The molecule has 1 aliphatic heterocycles. The van der Waals surface area contributed by atoms with Crippen LogP contribution in [-0.4, -0.2) is 22.4 Å². The third-order valence-electron chi connectivity index (χ3n) is 3.97. The first-order chi connectivity index (χ1) is 9.55. The molecule has 6 heteroatoms. The van der Waals surface area contributed by atoms with Gasteiger partial charge >= 0.3 is 0 Å². The number of hydrogen-bond acceptors (Lipinski definition) is 3. The summed E-state index contributed by atoms with van der Waals surface area (Å²) in [6.07, 6.45) is 7.77. The van der Waals surface area contributed by atoms with Crippen molar-refractivity contribution in [2.45, 2.75) is 26.7 Å². The topological polar surface area (TPSA) is 61.5 Å². The quantitative estimate of drug-likeness (QED) is 0.795. The molecular weight excluding hydrogens is 274 g/mol. The Kier molecular flexibility index (Phi) is 3.12. The maximum absolute atomic E-state index is 11.5. The molecule has 1 heterocycles. The lowest BCUT2D eigenvalue weighted by Crippen LogP contribution is -2.33. The molecule has 0 fully saturated rings. The molecule has 0 aromatic heterocycles. The number of amides is 1. The van der Waals surface area contributed by atoms with Crippen molar-refractivity contribution in [3.8, 4) is 0 Å². The van der Waals surface area contributed by atoms with E-state index in [4.69, 9.17) is 0 Å². The van der Waals surface area contributed by atoms with E-state index in [1.54, 1.807) is 0 Å². The van der Waals surface area contributed by atoms with Crippen molar-refractivity contribution in [3.05, 3.63) is 39.3 Å². The van der Waals surface area contributed by atoms with Crippen LogP contribution in [0.25, 0.3) is 0 Å². The van der Waals surface area contributed by atoms with Crippen LogP contribution in [0.4, 0.5) is 0 Å². The highest BCUT2D eigenvalue weighted by atomic mass is 32.2. The van der Waals surface area contributed by atoms with Crippen molar-refractivity contribution in [1.29, 1.82) is 0 Å². The van der Waals surface area contributed by atoms with Crippen LogP contribution in [0.1, 0.15) is 26.7 Å². The minimum Gasteiger partial charge on any atom is -0.327 e. The predicted molar refractivity (Wildman–Crippen MR) is 78.9 cm³/mol. The summed E-state index contributed by atoms with van der Waals surface area (Å²) in [6.45, 7) is 3.61. The van der Waals surface area contributed by atoms with E-state index in [1.807, 2.05) is 12.2 Å². The van der Waals surface area contributed by atoms with Crippen molar-refractivity contribution in [2.75, 3.05) is 5.88 Å². The summed E-state index contributed by atoms with van der Waals surface area (Å²) in [4.78, 5) is 24.6. The molecule has 0 saturated carbocycles. The molecule has 0 radical (unpaired) electrons. The van der Waals surface area contributed by atoms with Gasteiger partial charge in [-0.1, -0.05) is 13.0 Å². The van der Waals surface area contributed by atoms with Gasteiger partial charge in [-0.05, 0) is 42.3 Å². The molecule has 1 N–H and O–H groups in total. The van der Waals surface area contributed by atoms with E-state index in [9.17, 15) is 9.70 Å². The van der Waals surface area contributed by atoms with E-state index in [1.165, 1.54) is 18.7 Å². The molecule has 20 heavy (non-hydrogen) atoms. The number of carbonyl (C=O) groups is 1. The maximum atomic E-state index is 11.5. The lowest BCUT2D eigenvalue weighted by molar-refractivity contribution is -0.535. The minimum atomic E-state index is -0.201. The zero-order valence-electron chi connectivity index (χ0n) is 11.5. The molecule has 1 amide bonds. The number of fused-ring (bicyclic) bond motifs is 3. The Morgan fingerprint density at radius 1 is 1.55 bits per heavy atom. The van der Waals surface area contributed by atoms with Crippen LogP contribution in [0.5, 0.6) is 0 Å². The van der Waals surface area contributed by atoms with E-state index in [0.29, 0.717) is 5.88 Å². The van der Waals surface area contributed by atoms with Crippen LogP contribution >= 0.6 is 11.8 Å². The first-order valence-electron chi connectivity index (χ1n) is 6.64. The molecule has 3 aliphatic rings. The number of nitrogens with one attached hydrogen (secondary N) is 1. The average Bonchev–Trinajstić information content (AvgIpc) is 2.71. The van der Waals surface area contributed by atoms with Crippen LogP contribution in [0.3, 0.4) is 0 Å². The summed E-state index contributed by atoms with van der Waals surface area (Å²) in [5, 5.41) is 7.03. The lowest BCUT2D eigenvalue weighted by atomic mass is 9.72. The van der Waals surface area contributed by atoms with Crippen molar-refractivity contribution in [2.24, 2.45) is 10.5 Å². The highest BCUT2D eigenvalue weighted by molar-refractivity contribution is 8.03. The fourth-order valence-corrected chi connectivity index (χ4v) is 3.84. The fraction of sp³-hybridized carbons (Fsp3) is 0.429. The number of allylic oxidation sites excluding steroid dienone is 5. The molecule has 0 aromatic rings. The van der Waals surface area contributed by atoms with Gasteiger partial charge in [0.2, 0.25) is 5.91 Å². The predicted octanol–water partition coefficient (Wildman–Crippen LogP) is 2.47. The van der Waals surface area contributed by atoms with Gasteiger partial charge in [0, 0.05) is 28.0 Å². The van der Waals surface area contributed by atoms with Gasteiger partial charge < -0.3 is 5.32 Å². The van der Waals surface area contributed by atoms with Gasteiger partial charge in [0.15, 0.2) is 4.87 Å². The minimum absolute atomic E-state index is 0.0717. The second-order valence-electron chi connectivity index (χ2n) is 5.16. The molecule has 2 aliphatic carbocycles.